The highest BCUT2D eigenvalue weighted by Crippen LogP contribution is 2.33. The van der Waals surface area contributed by atoms with E-state index in [1.165, 1.54) is 16.8 Å². The lowest BCUT2D eigenvalue weighted by Crippen LogP contribution is -2.35. The number of hydrogen-bond acceptors (Lipinski definition) is 6. The van der Waals surface area contributed by atoms with E-state index < -0.39 is 5.91 Å². The molecule has 0 saturated heterocycles. The van der Waals surface area contributed by atoms with Gasteiger partial charge in [-0.05, 0) is 61.2 Å². The fourth-order valence-corrected chi connectivity index (χ4v) is 5.26. The Morgan fingerprint density at radius 1 is 1.30 bits per heavy atom. The second kappa shape index (κ2) is 8.16. The highest BCUT2D eigenvalue weighted by molar-refractivity contribution is 8.45. The normalized spacial score (nSPS) is 17.3. The number of hydrazone groups is 1. The van der Waals surface area contributed by atoms with E-state index in [4.69, 9.17) is 10.1 Å². The number of amides is 1. The molecule has 0 saturated carbocycles. The summed E-state index contributed by atoms with van der Waals surface area (Å²) in [7, 11) is 1.65. The van der Waals surface area contributed by atoms with Crippen LogP contribution >= 0.6 is 23.5 Å². The number of methoxy groups -OCH3 is 1. The number of thioether (sulfide) groups is 2. The zero-order chi connectivity index (χ0) is 21.4. The van der Waals surface area contributed by atoms with E-state index in [1.54, 1.807) is 24.9 Å². The van der Waals surface area contributed by atoms with Crippen molar-refractivity contribution in [2.45, 2.75) is 20.8 Å². The Hall–Kier alpha value is -2.78. The average Bonchev–Trinajstić information content (AvgIpc) is 3.25. The van der Waals surface area contributed by atoms with Gasteiger partial charge in [-0.2, -0.15) is 10.0 Å². The molecule has 0 radical (unpaired) electrons. The number of ether oxygens (including phenoxy) is 1. The summed E-state index contributed by atoms with van der Waals surface area (Å²) in [5.74, 6) is 1.26. The Kier molecular flexibility index (Phi) is 5.57. The molecule has 1 N–H and O–H groups in total. The van der Waals surface area contributed by atoms with Crippen molar-refractivity contribution < 1.29 is 9.53 Å². The number of aliphatic imine (C=N–C) groups is 1. The first kappa shape index (κ1) is 20.5. The van der Waals surface area contributed by atoms with Gasteiger partial charge in [0.2, 0.25) is 5.17 Å². The molecule has 0 spiro atoms. The molecule has 2 aliphatic heterocycles. The van der Waals surface area contributed by atoms with Gasteiger partial charge in [0.25, 0.3) is 5.91 Å². The number of carbonyl (C=O) groups excluding carboxylic acids is 1. The quantitative estimate of drug-likeness (QED) is 0.713. The maximum absolute atomic E-state index is 12.7. The van der Waals surface area contributed by atoms with Crippen molar-refractivity contribution in [3.63, 3.8) is 0 Å². The maximum Gasteiger partial charge on any atom is 0.283 e. The van der Waals surface area contributed by atoms with Crippen molar-refractivity contribution in [1.29, 1.82) is 5.41 Å². The first-order chi connectivity index (χ1) is 14.4. The average molecular weight is 440 g/mol. The molecule has 4 rings (SSSR count). The standard InChI is InChI=1S/C21H21N5O2S2/c1-5-29-21-24-26-18(22)15(19(27)23-20(26)30-21)11-14-10-12(2)25(13(14)3)16-8-6-7-9-17(16)28-4/h6-11,22H,5H2,1-4H3. The molecule has 9 heteroatoms. The predicted octanol–water partition coefficient (Wildman–Crippen LogP) is 4.43. The molecule has 0 bridgehead atoms. The topological polar surface area (TPSA) is 83.0 Å². The third-order valence-corrected chi connectivity index (χ3v) is 6.72. The molecule has 3 heterocycles. The molecule has 30 heavy (non-hydrogen) atoms. The number of nitrogens with one attached hydrogen (secondary N) is 1. The Labute approximate surface area is 183 Å². The second-order valence-electron chi connectivity index (χ2n) is 6.65. The molecule has 0 fully saturated rings. The zero-order valence-electron chi connectivity index (χ0n) is 17.1. The van der Waals surface area contributed by atoms with Gasteiger partial charge in [0.05, 0.1) is 18.4 Å². The van der Waals surface area contributed by atoms with Crippen LogP contribution in [0.2, 0.25) is 0 Å². The Balaban J connectivity index is 1.75. The van der Waals surface area contributed by atoms with Crippen LogP contribution in [0.4, 0.5) is 0 Å². The van der Waals surface area contributed by atoms with Gasteiger partial charge in [-0.1, -0.05) is 30.8 Å². The van der Waals surface area contributed by atoms with Gasteiger partial charge in [0.1, 0.15) is 5.75 Å². The van der Waals surface area contributed by atoms with Crippen LogP contribution in [0.5, 0.6) is 5.75 Å². The predicted molar refractivity (Wildman–Crippen MR) is 125 cm³/mol. The van der Waals surface area contributed by atoms with Gasteiger partial charge in [-0.15, -0.1) is 5.10 Å². The second-order valence-corrected chi connectivity index (χ2v) is 9.12. The van der Waals surface area contributed by atoms with E-state index in [1.807, 2.05) is 51.1 Å². The first-order valence-corrected chi connectivity index (χ1v) is 11.2. The zero-order valence-corrected chi connectivity index (χ0v) is 18.7. The van der Waals surface area contributed by atoms with Crippen LogP contribution in [-0.2, 0) is 4.79 Å². The van der Waals surface area contributed by atoms with E-state index in [9.17, 15) is 4.79 Å². The molecule has 1 aromatic carbocycles. The maximum atomic E-state index is 12.7. The van der Waals surface area contributed by atoms with Crippen molar-refractivity contribution in [3.05, 3.63) is 52.9 Å². The molecule has 0 unspecified atom stereocenters. The van der Waals surface area contributed by atoms with Crippen molar-refractivity contribution in [3.8, 4) is 11.4 Å². The van der Waals surface area contributed by atoms with Crippen LogP contribution in [0.25, 0.3) is 11.8 Å². The van der Waals surface area contributed by atoms with Crippen LogP contribution < -0.4 is 4.74 Å². The number of hydrogen-bond donors (Lipinski definition) is 1. The molecule has 1 aromatic heterocycles. The van der Waals surface area contributed by atoms with E-state index in [2.05, 4.69) is 14.7 Å². The summed E-state index contributed by atoms with van der Waals surface area (Å²) in [6, 6.07) is 9.78. The lowest BCUT2D eigenvalue weighted by Gasteiger charge is -2.20. The van der Waals surface area contributed by atoms with Crippen molar-refractivity contribution >= 4 is 50.9 Å². The lowest BCUT2D eigenvalue weighted by molar-refractivity contribution is -0.114. The summed E-state index contributed by atoms with van der Waals surface area (Å²) in [6.07, 6.45) is 1.73. The molecule has 1 amide bonds. The fourth-order valence-electron chi connectivity index (χ4n) is 3.43. The van der Waals surface area contributed by atoms with E-state index in [-0.39, 0.29) is 11.4 Å². The van der Waals surface area contributed by atoms with E-state index in [0.29, 0.717) is 5.17 Å². The number of rotatable bonds is 4. The SMILES string of the molecule is CCSC1=NN2C(=N)C(=Cc3cc(C)n(-c4ccccc4OC)c3C)C(=O)N=C2S1. The number of benzene rings is 1. The highest BCUT2D eigenvalue weighted by Gasteiger charge is 2.35. The molecular weight excluding hydrogens is 418 g/mol. The van der Waals surface area contributed by atoms with Gasteiger partial charge in [0, 0.05) is 11.4 Å². The summed E-state index contributed by atoms with van der Waals surface area (Å²) in [4.78, 5) is 16.8. The number of aryl methyl sites for hydroxylation is 1. The molecule has 154 valence electrons. The number of nitrogens with zero attached hydrogens (tertiary/aromatic N) is 4. The van der Waals surface area contributed by atoms with Crippen LogP contribution in [0.15, 0.2) is 46.0 Å². The summed E-state index contributed by atoms with van der Waals surface area (Å²) >= 11 is 2.90. The molecule has 7 nitrogen and oxygen atoms in total. The number of amidine groups is 2. The minimum absolute atomic E-state index is 0.0475. The third-order valence-electron chi connectivity index (χ3n) is 4.80. The van der Waals surface area contributed by atoms with Gasteiger partial charge in [-0.25, -0.2) is 0 Å². The molecular formula is C21H21N5O2S2. The monoisotopic (exact) mass is 439 g/mol. The largest absolute Gasteiger partial charge is 0.495 e. The van der Waals surface area contributed by atoms with Crippen LogP contribution in [0.1, 0.15) is 23.9 Å². The van der Waals surface area contributed by atoms with Gasteiger partial charge < -0.3 is 9.30 Å². The number of fused-ring (bicyclic) bond motifs is 1. The molecule has 0 atom stereocenters. The fraction of sp³-hybridized carbons (Fsp3) is 0.238. The summed E-state index contributed by atoms with van der Waals surface area (Å²) < 4.78 is 8.39. The Morgan fingerprint density at radius 3 is 2.80 bits per heavy atom. The van der Waals surface area contributed by atoms with Gasteiger partial charge >= 0.3 is 0 Å². The van der Waals surface area contributed by atoms with Gasteiger partial charge in [0.15, 0.2) is 10.2 Å². The van der Waals surface area contributed by atoms with E-state index in [0.717, 1.165) is 38.5 Å². The smallest absolute Gasteiger partial charge is 0.283 e. The first-order valence-electron chi connectivity index (χ1n) is 9.40. The summed E-state index contributed by atoms with van der Waals surface area (Å²) in [5, 5.41) is 14.8. The van der Waals surface area contributed by atoms with E-state index >= 15 is 0 Å². The Bertz CT molecular complexity index is 1150. The lowest BCUT2D eigenvalue weighted by atomic mass is 10.1. The van der Waals surface area contributed by atoms with Crippen molar-refractivity contribution in [1.82, 2.24) is 9.58 Å². The number of aromatic nitrogens is 1. The summed E-state index contributed by atoms with van der Waals surface area (Å²) in [5.41, 5.74) is 3.95. The van der Waals surface area contributed by atoms with Crippen molar-refractivity contribution in [2.24, 2.45) is 10.1 Å². The van der Waals surface area contributed by atoms with Crippen LogP contribution in [0, 0.1) is 19.3 Å². The summed E-state index contributed by atoms with van der Waals surface area (Å²) in [6.45, 7) is 6.02. The minimum Gasteiger partial charge on any atom is -0.495 e. The third kappa shape index (κ3) is 3.48. The number of carbonyl (C=O) groups is 1. The Morgan fingerprint density at radius 2 is 2.07 bits per heavy atom. The van der Waals surface area contributed by atoms with Crippen molar-refractivity contribution in [2.75, 3.05) is 12.9 Å². The molecule has 0 aliphatic carbocycles. The highest BCUT2D eigenvalue weighted by atomic mass is 32.2. The van der Waals surface area contributed by atoms with Crippen LogP contribution in [-0.4, -0.2) is 43.7 Å². The van der Waals surface area contributed by atoms with Crippen LogP contribution in [0.3, 0.4) is 0 Å². The molecule has 2 aliphatic rings. The minimum atomic E-state index is -0.418. The molecule has 2 aromatic rings. The number of para-hydroxylation sites is 2. The van der Waals surface area contributed by atoms with Gasteiger partial charge in [-0.3, -0.25) is 10.2 Å².